The monoisotopic (exact) mass is 262 g/mol. The Bertz CT molecular complexity index is 602. The summed E-state index contributed by atoms with van der Waals surface area (Å²) in [5.41, 5.74) is 3.24. The molecule has 0 bridgehead atoms. The number of halogens is 1. The van der Waals surface area contributed by atoms with Gasteiger partial charge in [0.1, 0.15) is 5.69 Å². The number of benzene rings is 1. The second-order valence-corrected chi connectivity index (χ2v) is 4.71. The molecule has 0 radical (unpaired) electrons. The second kappa shape index (κ2) is 4.94. The van der Waals surface area contributed by atoms with Gasteiger partial charge >= 0.3 is 0 Å². The van der Waals surface area contributed by atoms with Crippen LogP contribution in [0.5, 0.6) is 0 Å². The van der Waals surface area contributed by atoms with Gasteiger partial charge in [0.2, 0.25) is 5.78 Å². The highest BCUT2D eigenvalue weighted by molar-refractivity contribution is 6.34. The summed E-state index contributed by atoms with van der Waals surface area (Å²) in [6, 6.07) is 5.77. The van der Waals surface area contributed by atoms with Crippen LogP contribution in [0, 0.1) is 13.8 Å². The van der Waals surface area contributed by atoms with Gasteiger partial charge in [-0.25, -0.2) is 0 Å². The molecule has 4 heteroatoms. The smallest absolute Gasteiger partial charge is 0.212 e. The van der Waals surface area contributed by atoms with Crippen molar-refractivity contribution in [3.8, 4) is 0 Å². The molecule has 0 aliphatic rings. The predicted molar refractivity (Wildman–Crippen MR) is 72.3 cm³/mol. The molecular formula is C14H15ClN2O. The molecule has 94 valence electrons. The quantitative estimate of drug-likeness (QED) is 0.795. The summed E-state index contributed by atoms with van der Waals surface area (Å²) in [7, 11) is 0. The third-order valence-corrected chi connectivity index (χ3v) is 3.21. The van der Waals surface area contributed by atoms with E-state index in [0.717, 1.165) is 11.1 Å². The SMILES string of the molecule is CCn1ncc(Cl)c1C(=O)c1ccc(C)cc1C. The van der Waals surface area contributed by atoms with E-state index in [4.69, 9.17) is 11.6 Å². The van der Waals surface area contributed by atoms with Gasteiger partial charge in [0.05, 0.1) is 11.2 Å². The highest BCUT2D eigenvalue weighted by Crippen LogP contribution is 2.21. The van der Waals surface area contributed by atoms with Crippen molar-refractivity contribution >= 4 is 17.4 Å². The molecular weight excluding hydrogens is 248 g/mol. The second-order valence-electron chi connectivity index (χ2n) is 4.30. The van der Waals surface area contributed by atoms with Crippen molar-refractivity contribution in [1.82, 2.24) is 9.78 Å². The first-order valence-corrected chi connectivity index (χ1v) is 6.25. The van der Waals surface area contributed by atoms with Gasteiger partial charge in [-0.1, -0.05) is 35.4 Å². The fraction of sp³-hybridized carbons (Fsp3) is 0.286. The maximum atomic E-state index is 12.5. The number of aryl methyl sites for hydroxylation is 3. The third-order valence-electron chi connectivity index (χ3n) is 2.94. The molecule has 0 saturated carbocycles. The molecule has 0 aliphatic heterocycles. The fourth-order valence-corrected chi connectivity index (χ4v) is 2.25. The van der Waals surface area contributed by atoms with Crippen LogP contribution < -0.4 is 0 Å². The van der Waals surface area contributed by atoms with Crippen LogP contribution in [0.3, 0.4) is 0 Å². The lowest BCUT2D eigenvalue weighted by molar-refractivity contribution is 0.102. The minimum absolute atomic E-state index is 0.0724. The summed E-state index contributed by atoms with van der Waals surface area (Å²) < 4.78 is 1.63. The van der Waals surface area contributed by atoms with Crippen molar-refractivity contribution in [2.24, 2.45) is 0 Å². The van der Waals surface area contributed by atoms with Crippen LogP contribution in [-0.4, -0.2) is 15.6 Å². The third kappa shape index (κ3) is 2.18. The molecule has 2 rings (SSSR count). The van der Waals surface area contributed by atoms with Crippen molar-refractivity contribution in [1.29, 1.82) is 0 Å². The standard InChI is InChI=1S/C14H15ClN2O/c1-4-17-13(12(15)8-16-17)14(18)11-6-5-9(2)7-10(11)3/h5-8H,4H2,1-3H3. The Morgan fingerprint density at radius 1 is 1.39 bits per heavy atom. The van der Waals surface area contributed by atoms with Crippen LogP contribution in [0.15, 0.2) is 24.4 Å². The van der Waals surface area contributed by atoms with Crippen molar-refractivity contribution in [3.63, 3.8) is 0 Å². The molecule has 18 heavy (non-hydrogen) atoms. The Kier molecular flexibility index (Phi) is 3.53. The highest BCUT2D eigenvalue weighted by Gasteiger charge is 2.19. The molecule has 0 spiro atoms. The number of ketones is 1. The number of nitrogens with zero attached hydrogens (tertiary/aromatic N) is 2. The summed E-state index contributed by atoms with van der Waals surface area (Å²) in [5.74, 6) is -0.0724. The van der Waals surface area contributed by atoms with Crippen LogP contribution in [0.2, 0.25) is 5.02 Å². The van der Waals surface area contributed by atoms with Crippen LogP contribution in [0.25, 0.3) is 0 Å². The number of hydrogen-bond acceptors (Lipinski definition) is 2. The van der Waals surface area contributed by atoms with E-state index in [1.165, 1.54) is 6.20 Å². The molecule has 0 unspecified atom stereocenters. The Hall–Kier alpha value is -1.61. The van der Waals surface area contributed by atoms with E-state index in [0.29, 0.717) is 22.8 Å². The van der Waals surface area contributed by atoms with Crippen molar-refractivity contribution in [3.05, 3.63) is 51.8 Å². The Morgan fingerprint density at radius 2 is 2.11 bits per heavy atom. The zero-order valence-corrected chi connectivity index (χ0v) is 11.5. The minimum Gasteiger partial charge on any atom is -0.287 e. The maximum absolute atomic E-state index is 12.5. The number of hydrogen-bond donors (Lipinski definition) is 0. The van der Waals surface area contributed by atoms with Gasteiger partial charge in [-0.05, 0) is 26.3 Å². The summed E-state index contributed by atoms with van der Waals surface area (Å²) in [4.78, 5) is 12.5. The van der Waals surface area contributed by atoms with E-state index in [-0.39, 0.29) is 5.78 Å². The molecule has 0 aliphatic carbocycles. The van der Waals surface area contributed by atoms with Gasteiger partial charge < -0.3 is 0 Å². The summed E-state index contributed by atoms with van der Waals surface area (Å²) in [6.45, 7) is 6.49. The molecule has 1 aromatic heterocycles. The summed E-state index contributed by atoms with van der Waals surface area (Å²) >= 11 is 6.05. The molecule has 2 aromatic rings. The predicted octanol–water partition coefficient (Wildman–Crippen LogP) is 3.40. The molecule has 0 saturated heterocycles. The lowest BCUT2D eigenvalue weighted by Gasteiger charge is -2.08. The number of carbonyl (C=O) groups excluding carboxylic acids is 1. The number of carbonyl (C=O) groups is 1. The van der Waals surface area contributed by atoms with E-state index in [9.17, 15) is 4.79 Å². The fourth-order valence-electron chi connectivity index (χ4n) is 2.02. The maximum Gasteiger partial charge on any atom is 0.212 e. The average molecular weight is 263 g/mol. The largest absolute Gasteiger partial charge is 0.287 e. The minimum atomic E-state index is -0.0724. The van der Waals surface area contributed by atoms with Crippen molar-refractivity contribution < 1.29 is 4.79 Å². The van der Waals surface area contributed by atoms with E-state index in [1.807, 2.05) is 39.0 Å². The molecule has 1 heterocycles. The normalized spacial score (nSPS) is 10.7. The van der Waals surface area contributed by atoms with Crippen LogP contribution in [-0.2, 0) is 6.54 Å². The van der Waals surface area contributed by atoms with Gasteiger partial charge in [0.25, 0.3) is 0 Å². The first-order chi connectivity index (χ1) is 8.54. The van der Waals surface area contributed by atoms with Gasteiger partial charge in [0, 0.05) is 12.1 Å². The molecule has 3 nitrogen and oxygen atoms in total. The summed E-state index contributed by atoms with van der Waals surface area (Å²) in [6.07, 6.45) is 1.52. The van der Waals surface area contributed by atoms with Gasteiger partial charge in [-0.3, -0.25) is 9.48 Å². The van der Waals surface area contributed by atoms with Gasteiger partial charge in [0.15, 0.2) is 0 Å². The van der Waals surface area contributed by atoms with E-state index in [2.05, 4.69) is 5.10 Å². The van der Waals surface area contributed by atoms with Gasteiger partial charge in [-0.15, -0.1) is 0 Å². The topological polar surface area (TPSA) is 34.9 Å². The number of rotatable bonds is 3. The molecule has 1 aromatic carbocycles. The van der Waals surface area contributed by atoms with Crippen LogP contribution >= 0.6 is 11.6 Å². The van der Waals surface area contributed by atoms with E-state index >= 15 is 0 Å². The highest BCUT2D eigenvalue weighted by atomic mass is 35.5. The van der Waals surface area contributed by atoms with Crippen molar-refractivity contribution in [2.45, 2.75) is 27.3 Å². The average Bonchev–Trinajstić information content (AvgIpc) is 2.69. The Balaban J connectivity index is 2.51. The van der Waals surface area contributed by atoms with E-state index in [1.54, 1.807) is 4.68 Å². The lowest BCUT2D eigenvalue weighted by Crippen LogP contribution is -2.12. The molecule has 0 N–H and O–H groups in total. The molecule has 0 fully saturated rings. The lowest BCUT2D eigenvalue weighted by atomic mass is 10.0. The zero-order valence-electron chi connectivity index (χ0n) is 10.7. The zero-order chi connectivity index (χ0) is 13.3. The summed E-state index contributed by atoms with van der Waals surface area (Å²) in [5, 5.41) is 4.50. The Labute approximate surface area is 111 Å². The van der Waals surface area contributed by atoms with E-state index < -0.39 is 0 Å². The molecule has 0 atom stereocenters. The van der Waals surface area contributed by atoms with Crippen molar-refractivity contribution in [2.75, 3.05) is 0 Å². The Morgan fingerprint density at radius 3 is 2.72 bits per heavy atom. The molecule has 0 amide bonds. The first kappa shape index (κ1) is 12.8. The first-order valence-electron chi connectivity index (χ1n) is 5.87. The number of aromatic nitrogens is 2. The van der Waals surface area contributed by atoms with Gasteiger partial charge in [-0.2, -0.15) is 5.10 Å². The van der Waals surface area contributed by atoms with Crippen LogP contribution in [0.4, 0.5) is 0 Å². The van der Waals surface area contributed by atoms with Crippen LogP contribution in [0.1, 0.15) is 34.1 Å².